The molecule has 0 saturated carbocycles. The first kappa shape index (κ1) is 12.2. The largest absolute Gasteiger partial charge is 0.465 e. The summed E-state index contributed by atoms with van der Waals surface area (Å²) in [6.07, 6.45) is 4.57. The van der Waals surface area contributed by atoms with Crippen LogP contribution in [-0.4, -0.2) is 22.1 Å². The molecule has 1 heterocycles. The molecule has 1 aromatic rings. The Morgan fingerprint density at radius 3 is 3.00 bits per heavy atom. The van der Waals surface area contributed by atoms with Crippen molar-refractivity contribution in [1.82, 2.24) is 9.55 Å². The standard InChI is InChI=1S/C11H15N3O2/c1-3-16-11(15)9(8-12)4-5-10-13-6-7-14(10)2/h6-7,9H,3-5H2,1-2H3. The van der Waals surface area contributed by atoms with Gasteiger partial charge in [0.1, 0.15) is 11.7 Å². The summed E-state index contributed by atoms with van der Waals surface area (Å²) in [5.74, 6) is -0.277. The molecule has 1 aromatic heterocycles. The summed E-state index contributed by atoms with van der Waals surface area (Å²) in [7, 11) is 1.88. The number of aromatic nitrogens is 2. The van der Waals surface area contributed by atoms with Crippen molar-refractivity contribution in [3.05, 3.63) is 18.2 Å². The number of hydrogen-bond acceptors (Lipinski definition) is 4. The lowest BCUT2D eigenvalue weighted by molar-refractivity contribution is -0.146. The van der Waals surface area contributed by atoms with Crippen molar-refractivity contribution in [2.75, 3.05) is 6.61 Å². The molecule has 86 valence electrons. The maximum atomic E-state index is 11.3. The van der Waals surface area contributed by atoms with E-state index in [1.165, 1.54) is 0 Å². The second-order valence-corrected chi connectivity index (χ2v) is 3.43. The Morgan fingerprint density at radius 2 is 2.50 bits per heavy atom. The summed E-state index contributed by atoms with van der Waals surface area (Å²) < 4.78 is 6.68. The number of imidazole rings is 1. The van der Waals surface area contributed by atoms with E-state index in [4.69, 9.17) is 10.00 Å². The Balaban J connectivity index is 2.50. The first-order chi connectivity index (χ1) is 7.69. The van der Waals surface area contributed by atoms with Gasteiger partial charge in [-0.15, -0.1) is 0 Å². The maximum Gasteiger partial charge on any atom is 0.323 e. The van der Waals surface area contributed by atoms with Crippen LogP contribution in [0.4, 0.5) is 0 Å². The third-order valence-electron chi connectivity index (χ3n) is 2.30. The Morgan fingerprint density at radius 1 is 1.75 bits per heavy atom. The number of nitriles is 1. The van der Waals surface area contributed by atoms with Crippen molar-refractivity contribution in [1.29, 1.82) is 5.26 Å². The van der Waals surface area contributed by atoms with E-state index >= 15 is 0 Å². The molecule has 5 nitrogen and oxygen atoms in total. The molecule has 1 unspecified atom stereocenters. The quantitative estimate of drug-likeness (QED) is 0.697. The molecule has 5 heteroatoms. The van der Waals surface area contributed by atoms with E-state index in [0.29, 0.717) is 19.4 Å². The minimum atomic E-state index is -0.698. The summed E-state index contributed by atoms with van der Waals surface area (Å²) in [5.41, 5.74) is 0. The fourth-order valence-electron chi connectivity index (χ4n) is 1.39. The molecule has 1 rings (SSSR count). The van der Waals surface area contributed by atoms with Crippen molar-refractivity contribution >= 4 is 5.97 Å². The average molecular weight is 221 g/mol. The van der Waals surface area contributed by atoms with Gasteiger partial charge in [0.15, 0.2) is 0 Å². The van der Waals surface area contributed by atoms with Crippen molar-refractivity contribution in [3.63, 3.8) is 0 Å². The zero-order chi connectivity index (χ0) is 12.0. The van der Waals surface area contributed by atoms with Gasteiger partial charge in [-0.25, -0.2) is 4.98 Å². The van der Waals surface area contributed by atoms with Gasteiger partial charge in [-0.2, -0.15) is 5.26 Å². The van der Waals surface area contributed by atoms with Crippen molar-refractivity contribution in [3.8, 4) is 6.07 Å². The summed E-state index contributed by atoms with van der Waals surface area (Å²) in [6.45, 7) is 2.03. The number of carbonyl (C=O) groups is 1. The number of aryl methyl sites for hydroxylation is 2. The molecular formula is C11H15N3O2. The van der Waals surface area contributed by atoms with Crippen LogP contribution in [0.3, 0.4) is 0 Å². The molecule has 0 aromatic carbocycles. The lowest BCUT2D eigenvalue weighted by Gasteiger charge is -2.07. The third-order valence-corrected chi connectivity index (χ3v) is 2.30. The van der Waals surface area contributed by atoms with Crippen LogP contribution in [0.15, 0.2) is 12.4 Å². The van der Waals surface area contributed by atoms with Crippen LogP contribution in [0.5, 0.6) is 0 Å². The lowest BCUT2D eigenvalue weighted by Crippen LogP contribution is -2.17. The average Bonchev–Trinajstić information content (AvgIpc) is 2.66. The molecule has 0 aliphatic heterocycles. The van der Waals surface area contributed by atoms with Gasteiger partial charge < -0.3 is 9.30 Å². The second kappa shape index (κ2) is 5.91. The van der Waals surface area contributed by atoms with Gasteiger partial charge in [0.2, 0.25) is 0 Å². The topological polar surface area (TPSA) is 67.9 Å². The van der Waals surface area contributed by atoms with Crippen LogP contribution in [0.1, 0.15) is 19.2 Å². The SMILES string of the molecule is CCOC(=O)C(C#N)CCc1nccn1C. The lowest BCUT2D eigenvalue weighted by atomic mass is 10.1. The molecule has 0 aliphatic rings. The number of ether oxygens (including phenoxy) is 1. The van der Waals surface area contributed by atoms with Crippen molar-refractivity contribution in [2.24, 2.45) is 13.0 Å². The zero-order valence-corrected chi connectivity index (χ0v) is 9.51. The van der Waals surface area contributed by atoms with Gasteiger partial charge in [0, 0.05) is 25.9 Å². The summed E-state index contributed by atoms with van der Waals surface area (Å²) in [4.78, 5) is 15.5. The van der Waals surface area contributed by atoms with Crippen LogP contribution in [0, 0.1) is 17.2 Å². The summed E-state index contributed by atoms with van der Waals surface area (Å²) in [5, 5.41) is 8.84. The highest BCUT2D eigenvalue weighted by molar-refractivity contribution is 5.75. The molecule has 16 heavy (non-hydrogen) atoms. The zero-order valence-electron chi connectivity index (χ0n) is 9.51. The van der Waals surface area contributed by atoms with E-state index in [1.807, 2.05) is 23.9 Å². The van der Waals surface area contributed by atoms with Crippen LogP contribution >= 0.6 is 0 Å². The minimum absolute atomic E-state index is 0.305. The molecule has 0 bridgehead atoms. The van der Waals surface area contributed by atoms with Crippen LogP contribution in [0.25, 0.3) is 0 Å². The van der Waals surface area contributed by atoms with E-state index in [1.54, 1.807) is 13.1 Å². The predicted molar refractivity (Wildman–Crippen MR) is 57.3 cm³/mol. The van der Waals surface area contributed by atoms with E-state index in [9.17, 15) is 4.79 Å². The highest BCUT2D eigenvalue weighted by atomic mass is 16.5. The molecule has 0 spiro atoms. The summed E-state index contributed by atoms with van der Waals surface area (Å²) >= 11 is 0. The molecule has 0 aliphatic carbocycles. The highest BCUT2D eigenvalue weighted by Crippen LogP contribution is 2.09. The van der Waals surface area contributed by atoms with Crippen LogP contribution < -0.4 is 0 Å². The van der Waals surface area contributed by atoms with Crippen LogP contribution in [0.2, 0.25) is 0 Å². The van der Waals surface area contributed by atoms with Gasteiger partial charge in [0.05, 0.1) is 12.7 Å². The normalized spacial score (nSPS) is 11.8. The Bertz CT molecular complexity index is 392. The Labute approximate surface area is 94.7 Å². The monoisotopic (exact) mass is 221 g/mol. The van der Waals surface area contributed by atoms with E-state index in [2.05, 4.69) is 4.98 Å². The van der Waals surface area contributed by atoms with E-state index in [-0.39, 0.29) is 0 Å². The van der Waals surface area contributed by atoms with Gasteiger partial charge in [-0.3, -0.25) is 4.79 Å². The molecule has 1 atom stereocenters. The van der Waals surface area contributed by atoms with Gasteiger partial charge in [-0.1, -0.05) is 0 Å². The number of carbonyl (C=O) groups excluding carboxylic acids is 1. The van der Waals surface area contributed by atoms with Gasteiger partial charge in [0.25, 0.3) is 0 Å². The maximum absolute atomic E-state index is 11.3. The van der Waals surface area contributed by atoms with Gasteiger partial charge >= 0.3 is 5.97 Å². The Hall–Kier alpha value is -1.83. The summed E-state index contributed by atoms with van der Waals surface area (Å²) in [6, 6.07) is 1.96. The van der Waals surface area contributed by atoms with E-state index in [0.717, 1.165) is 5.82 Å². The third kappa shape index (κ3) is 3.09. The number of nitrogens with zero attached hydrogens (tertiary/aromatic N) is 3. The van der Waals surface area contributed by atoms with Crippen molar-refractivity contribution < 1.29 is 9.53 Å². The smallest absolute Gasteiger partial charge is 0.323 e. The predicted octanol–water partition coefficient (Wildman–Crippen LogP) is 1.06. The number of esters is 1. The molecule has 0 saturated heterocycles. The first-order valence-corrected chi connectivity index (χ1v) is 5.21. The molecule has 0 N–H and O–H groups in total. The molecule has 0 radical (unpaired) electrons. The molecular weight excluding hydrogens is 206 g/mol. The second-order valence-electron chi connectivity index (χ2n) is 3.43. The number of hydrogen-bond donors (Lipinski definition) is 0. The molecule has 0 amide bonds. The number of rotatable bonds is 5. The van der Waals surface area contributed by atoms with Gasteiger partial charge in [-0.05, 0) is 13.3 Å². The fourth-order valence-corrected chi connectivity index (χ4v) is 1.39. The minimum Gasteiger partial charge on any atom is -0.465 e. The fraction of sp³-hybridized carbons (Fsp3) is 0.545. The molecule has 0 fully saturated rings. The van der Waals surface area contributed by atoms with E-state index < -0.39 is 11.9 Å². The first-order valence-electron chi connectivity index (χ1n) is 5.21. The van der Waals surface area contributed by atoms with Crippen molar-refractivity contribution in [2.45, 2.75) is 19.8 Å². The van der Waals surface area contributed by atoms with Crippen LogP contribution in [-0.2, 0) is 23.0 Å². The Kier molecular flexibility index (Phi) is 4.52. The highest BCUT2D eigenvalue weighted by Gasteiger charge is 2.19.